The normalized spacial score (nSPS) is 13.6. The van der Waals surface area contributed by atoms with E-state index in [1.165, 1.54) is 16.9 Å². The highest BCUT2D eigenvalue weighted by molar-refractivity contribution is 7.21. The van der Waals surface area contributed by atoms with Crippen molar-refractivity contribution in [3.63, 3.8) is 0 Å². The van der Waals surface area contributed by atoms with Crippen LogP contribution in [-0.2, 0) is 0 Å². The smallest absolute Gasteiger partial charge is 0.263 e. The number of carbonyl (C=O) groups is 1. The van der Waals surface area contributed by atoms with Crippen LogP contribution in [0.4, 0.5) is 5.69 Å². The van der Waals surface area contributed by atoms with E-state index in [-0.39, 0.29) is 11.9 Å². The predicted molar refractivity (Wildman–Crippen MR) is 120 cm³/mol. The van der Waals surface area contributed by atoms with E-state index in [1.54, 1.807) is 0 Å². The standard InChI is InChI=1S/C24H21N3OS/c1-14-7-9-15(10-8-14)18-13-19(16-5-3-2-4-6-16)27-24-20(18)21(25)22(29-24)23(28)26-17-11-12-17/h2-10,13,17H,11-12,25H2,1H3,(H,26,28). The molecule has 0 spiro atoms. The molecule has 0 radical (unpaired) electrons. The third-order valence-electron chi connectivity index (χ3n) is 5.25. The molecule has 2 aromatic carbocycles. The number of fused-ring (bicyclic) bond motifs is 1. The molecule has 4 nitrogen and oxygen atoms in total. The van der Waals surface area contributed by atoms with Crippen LogP contribution in [0.5, 0.6) is 0 Å². The molecule has 0 bridgehead atoms. The lowest BCUT2D eigenvalue weighted by Gasteiger charge is -2.09. The van der Waals surface area contributed by atoms with E-state index in [0.29, 0.717) is 10.6 Å². The first-order valence-electron chi connectivity index (χ1n) is 9.76. The minimum absolute atomic E-state index is 0.0934. The van der Waals surface area contributed by atoms with E-state index in [4.69, 9.17) is 10.7 Å². The number of hydrogen-bond acceptors (Lipinski definition) is 4. The van der Waals surface area contributed by atoms with E-state index in [2.05, 4.69) is 42.6 Å². The Morgan fingerprint density at radius 2 is 1.79 bits per heavy atom. The third kappa shape index (κ3) is 3.38. The molecule has 0 atom stereocenters. The Morgan fingerprint density at radius 1 is 1.07 bits per heavy atom. The molecule has 0 unspecified atom stereocenters. The SMILES string of the molecule is Cc1ccc(-c2cc(-c3ccccc3)nc3sc(C(=O)NC4CC4)c(N)c23)cc1. The van der Waals surface area contributed by atoms with Crippen LogP contribution in [0.3, 0.4) is 0 Å². The first kappa shape index (κ1) is 17.9. The summed E-state index contributed by atoms with van der Waals surface area (Å²) < 4.78 is 0. The molecule has 1 aliphatic rings. The lowest BCUT2D eigenvalue weighted by molar-refractivity contribution is 0.0956. The largest absolute Gasteiger partial charge is 0.397 e. The molecule has 1 saturated carbocycles. The maximum atomic E-state index is 12.7. The molecule has 5 heteroatoms. The van der Waals surface area contributed by atoms with Gasteiger partial charge in [0.1, 0.15) is 9.71 Å². The van der Waals surface area contributed by atoms with E-state index in [1.807, 2.05) is 30.3 Å². The zero-order valence-corrected chi connectivity index (χ0v) is 16.9. The van der Waals surface area contributed by atoms with Gasteiger partial charge in [-0.25, -0.2) is 4.98 Å². The minimum Gasteiger partial charge on any atom is -0.397 e. The summed E-state index contributed by atoms with van der Waals surface area (Å²) in [6, 6.07) is 20.8. The van der Waals surface area contributed by atoms with Gasteiger partial charge in [0.2, 0.25) is 0 Å². The average Bonchev–Trinajstić information content (AvgIpc) is 3.49. The predicted octanol–water partition coefficient (Wildman–Crippen LogP) is 5.41. The zero-order valence-electron chi connectivity index (χ0n) is 16.1. The van der Waals surface area contributed by atoms with Crippen molar-refractivity contribution in [3.8, 4) is 22.4 Å². The molecule has 0 aliphatic heterocycles. The molecule has 29 heavy (non-hydrogen) atoms. The van der Waals surface area contributed by atoms with Gasteiger partial charge in [0.25, 0.3) is 5.91 Å². The van der Waals surface area contributed by atoms with Crippen LogP contribution in [0.1, 0.15) is 28.1 Å². The Balaban J connectivity index is 1.73. The molecule has 3 N–H and O–H groups in total. The molecule has 2 heterocycles. The quantitative estimate of drug-likeness (QED) is 0.482. The number of amides is 1. The number of nitrogens with two attached hydrogens (primary N) is 1. The number of rotatable bonds is 4. The van der Waals surface area contributed by atoms with Crippen molar-refractivity contribution in [2.24, 2.45) is 0 Å². The van der Waals surface area contributed by atoms with Crippen LogP contribution in [-0.4, -0.2) is 16.9 Å². The van der Waals surface area contributed by atoms with Crippen LogP contribution in [0, 0.1) is 6.92 Å². The van der Waals surface area contributed by atoms with Crippen molar-refractivity contribution < 1.29 is 4.79 Å². The number of pyridine rings is 1. The Morgan fingerprint density at radius 3 is 2.48 bits per heavy atom. The summed E-state index contributed by atoms with van der Waals surface area (Å²) in [7, 11) is 0. The number of benzene rings is 2. The van der Waals surface area contributed by atoms with E-state index in [0.717, 1.165) is 45.4 Å². The van der Waals surface area contributed by atoms with Crippen molar-refractivity contribution >= 4 is 33.1 Å². The molecule has 0 saturated heterocycles. The maximum absolute atomic E-state index is 12.7. The summed E-state index contributed by atoms with van der Waals surface area (Å²) in [5.74, 6) is -0.0934. The number of nitrogens with one attached hydrogen (secondary N) is 1. The van der Waals surface area contributed by atoms with Crippen LogP contribution in [0.15, 0.2) is 60.7 Å². The van der Waals surface area contributed by atoms with Gasteiger partial charge in [-0.05, 0) is 37.0 Å². The fourth-order valence-electron chi connectivity index (χ4n) is 3.49. The van der Waals surface area contributed by atoms with Gasteiger partial charge in [-0.2, -0.15) is 0 Å². The van der Waals surface area contributed by atoms with Gasteiger partial charge < -0.3 is 11.1 Å². The maximum Gasteiger partial charge on any atom is 0.263 e. The Kier molecular flexibility index (Phi) is 4.32. The van der Waals surface area contributed by atoms with Crippen molar-refractivity contribution in [2.45, 2.75) is 25.8 Å². The Bertz CT molecular complexity index is 1210. The van der Waals surface area contributed by atoms with Gasteiger partial charge in [0, 0.05) is 17.0 Å². The van der Waals surface area contributed by atoms with Crippen LogP contribution >= 0.6 is 11.3 Å². The van der Waals surface area contributed by atoms with Crippen molar-refractivity contribution in [1.82, 2.24) is 10.3 Å². The van der Waals surface area contributed by atoms with Gasteiger partial charge in [-0.3, -0.25) is 4.79 Å². The number of anilines is 1. The van der Waals surface area contributed by atoms with Crippen molar-refractivity contribution in [2.75, 3.05) is 5.73 Å². The number of aromatic nitrogens is 1. The van der Waals surface area contributed by atoms with Crippen molar-refractivity contribution in [1.29, 1.82) is 0 Å². The summed E-state index contributed by atoms with van der Waals surface area (Å²) >= 11 is 1.37. The fraction of sp³-hybridized carbons (Fsp3) is 0.167. The molecule has 1 amide bonds. The van der Waals surface area contributed by atoms with Crippen molar-refractivity contribution in [3.05, 3.63) is 71.1 Å². The number of nitrogens with zero attached hydrogens (tertiary/aromatic N) is 1. The number of hydrogen-bond donors (Lipinski definition) is 2. The molecule has 5 rings (SSSR count). The number of nitrogen functional groups attached to an aromatic ring is 1. The Labute approximate surface area is 173 Å². The second-order valence-electron chi connectivity index (χ2n) is 7.56. The molecule has 2 aromatic heterocycles. The molecule has 144 valence electrons. The third-order valence-corrected chi connectivity index (χ3v) is 6.35. The highest BCUT2D eigenvalue weighted by atomic mass is 32.1. The van der Waals surface area contributed by atoms with E-state index in [9.17, 15) is 4.79 Å². The van der Waals surface area contributed by atoms with Gasteiger partial charge in [-0.1, -0.05) is 60.2 Å². The molecule has 1 fully saturated rings. The van der Waals surface area contributed by atoms with Crippen LogP contribution < -0.4 is 11.1 Å². The molecule has 1 aliphatic carbocycles. The first-order valence-corrected chi connectivity index (χ1v) is 10.6. The summed E-state index contributed by atoms with van der Waals surface area (Å²) in [5, 5.41) is 3.91. The highest BCUT2D eigenvalue weighted by Gasteiger charge is 2.27. The van der Waals surface area contributed by atoms with Gasteiger partial charge >= 0.3 is 0 Å². The average molecular weight is 400 g/mol. The van der Waals surface area contributed by atoms with Crippen LogP contribution in [0.25, 0.3) is 32.6 Å². The first-order chi connectivity index (χ1) is 14.1. The topological polar surface area (TPSA) is 68.0 Å². The van der Waals surface area contributed by atoms with E-state index < -0.39 is 0 Å². The zero-order chi connectivity index (χ0) is 20.0. The minimum atomic E-state index is -0.0934. The molecular weight excluding hydrogens is 378 g/mol. The van der Waals surface area contributed by atoms with Gasteiger partial charge in [-0.15, -0.1) is 11.3 Å². The second kappa shape index (κ2) is 7.01. The lowest BCUT2D eigenvalue weighted by Crippen LogP contribution is -2.25. The fourth-order valence-corrected chi connectivity index (χ4v) is 4.51. The molecular formula is C24H21N3OS. The lowest BCUT2D eigenvalue weighted by atomic mass is 9.99. The van der Waals surface area contributed by atoms with Crippen LogP contribution in [0.2, 0.25) is 0 Å². The number of aryl methyl sites for hydroxylation is 1. The summed E-state index contributed by atoms with van der Waals surface area (Å²) in [6.07, 6.45) is 2.09. The van der Waals surface area contributed by atoms with Gasteiger partial charge in [0.05, 0.1) is 11.4 Å². The number of carbonyl (C=O) groups excluding carboxylic acids is 1. The van der Waals surface area contributed by atoms with Gasteiger partial charge in [0.15, 0.2) is 0 Å². The van der Waals surface area contributed by atoms with E-state index >= 15 is 0 Å². The highest BCUT2D eigenvalue weighted by Crippen LogP contribution is 2.41. The summed E-state index contributed by atoms with van der Waals surface area (Å²) in [4.78, 5) is 18.9. The Hall–Kier alpha value is -3.18. The second-order valence-corrected chi connectivity index (χ2v) is 8.56. The summed E-state index contributed by atoms with van der Waals surface area (Å²) in [6.45, 7) is 2.07. The molecule has 4 aromatic rings. The monoisotopic (exact) mass is 399 g/mol. The summed E-state index contributed by atoms with van der Waals surface area (Å²) in [5.41, 5.74) is 12.2. The number of thiophene rings is 1.